The summed E-state index contributed by atoms with van der Waals surface area (Å²) < 4.78 is 0. The van der Waals surface area contributed by atoms with Crippen molar-refractivity contribution < 1.29 is 9.59 Å². The van der Waals surface area contributed by atoms with E-state index in [1.54, 1.807) is 29.8 Å². The van der Waals surface area contributed by atoms with Crippen LogP contribution in [0.2, 0.25) is 0 Å². The molecule has 24 heavy (non-hydrogen) atoms. The van der Waals surface area contributed by atoms with Crippen molar-refractivity contribution in [3.8, 4) is 0 Å². The van der Waals surface area contributed by atoms with Crippen molar-refractivity contribution in [3.63, 3.8) is 0 Å². The molecule has 0 aliphatic carbocycles. The number of hydrogen-bond donors (Lipinski definition) is 2. The van der Waals surface area contributed by atoms with Crippen molar-refractivity contribution in [1.29, 1.82) is 0 Å². The molecule has 0 spiro atoms. The summed E-state index contributed by atoms with van der Waals surface area (Å²) in [7, 11) is 0. The number of rotatable bonds is 6. The van der Waals surface area contributed by atoms with Crippen LogP contribution in [0.5, 0.6) is 0 Å². The maximum absolute atomic E-state index is 11.9. The van der Waals surface area contributed by atoms with E-state index in [9.17, 15) is 9.59 Å². The molecule has 3 rings (SSSR count). The molecule has 0 unspecified atom stereocenters. The largest absolute Gasteiger partial charge is 0.304 e. The van der Waals surface area contributed by atoms with Crippen molar-refractivity contribution in [2.24, 2.45) is 0 Å². The molecule has 3 aromatic rings. The molecule has 7 nitrogen and oxygen atoms in total. The molecule has 0 saturated heterocycles. The van der Waals surface area contributed by atoms with E-state index in [2.05, 4.69) is 25.8 Å². The van der Waals surface area contributed by atoms with Gasteiger partial charge in [-0.25, -0.2) is 4.98 Å². The van der Waals surface area contributed by atoms with Gasteiger partial charge in [0.2, 0.25) is 5.91 Å². The highest BCUT2D eigenvalue weighted by Gasteiger charge is 2.09. The van der Waals surface area contributed by atoms with Gasteiger partial charge in [0.15, 0.2) is 10.9 Å². The first-order chi connectivity index (χ1) is 11.7. The number of hydrogen-bond acceptors (Lipinski definition) is 8. The number of carbonyl (C=O) groups excluding carboxylic acids is 2. The third-order valence-corrected chi connectivity index (χ3v) is 5.13. The molecule has 2 amide bonds. The normalized spacial score (nSPS) is 10.3. The minimum absolute atomic E-state index is 0.160. The summed E-state index contributed by atoms with van der Waals surface area (Å²) in [5.74, 6) is 0.189. The van der Waals surface area contributed by atoms with Gasteiger partial charge < -0.3 is 10.6 Å². The SMILES string of the molecule is O=C(CSc1ccc(NC(=O)c2cccs2)nn1)Nc1nccs1. The molecule has 3 heterocycles. The van der Waals surface area contributed by atoms with Gasteiger partial charge in [0, 0.05) is 11.6 Å². The van der Waals surface area contributed by atoms with E-state index in [4.69, 9.17) is 0 Å². The van der Waals surface area contributed by atoms with E-state index >= 15 is 0 Å². The summed E-state index contributed by atoms with van der Waals surface area (Å²) >= 11 is 3.97. The molecule has 3 aromatic heterocycles. The zero-order chi connectivity index (χ0) is 16.8. The lowest BCUT2D eigenvalue weighted by Gasteiger charge is -2.03. The Hall–Kier alpha value is -2.30. The van der Waals surface area contributed by atoms with Gasteiger partial charge in [-0.05, 0) is 23.6 Å². The third-order valence-electron chi connectivity index (χ3n) is 2.66. The Bertz CT molecular complexity index is 804. The maximum atomic E-state index is 11.9. The fourth-order valence-electron chi connectivity index (χ4n) is 1.63. The highest BCUT2D eigenvalue weighted by molar-refractivity contribution is 7.99. The molecule has 0 saturated carbocycles. The third kappa shape index (κ3) is 4.60. The standard InChI is InChI=1S/C14H11N5O2S3/c20-11(17-14-15-5-7-23-14)8-24-12-4-3-10(18-19-12)16-13(21)9-2-1-6-22-9/h1-7H,8H2,(H,15,17,20)(H,16,18,21). The number of thioether (sulfide) groups is 1. The van der Waals surface area contributed by atoms with Gasteiger partial charge >= 0.3 is 0 Å². The second kappa shape index (κ2) is 7.99. The predicted octanol–water partition coefficient (Wildman–Crippen LogP) is 2.98. The zero-order valence-electron chi connectivity index (χ0n) is 12.1. The molecule has 0 aliphatic heterocycles. The highest BCUT2D eigenvalue weighted by Crippen LogP contribution is 2.17. The number of thiazole rings is 1. The van der Waals surface area contributed by atoms with Crippen LogP contribution in [-0.4, -0.2) is 32.7 Å². The van der Waals surface area contributed by atoms with Crippen LogP contribution in [0.3, 0.4) is 0 Å². The molecule has 10 heteroatoms. The molecule has 0 fully saturated rings. The second-order valence-corrected chi connectivity index (χ2v) is 7.20. The molecule has 0 atom stereocenters. The molecular formula is C14H11N5O2S3. The number of nitrogens with one attached hydrogen (secondary N) is 2. The lowest BCUT2D eigenvalue weighted by molar-refractivity contribution is -0.113. The number of amides is 2. The number of thiophene rings is 1. The van der Waals surface area contributed by atoms with Crippen LogP contribution >= 0.6 is 34.4 Å². The first-order valence-corrected chi connectivity index (χ1v) is 9.46. The van der Waals surface area contributed by atoms with Crippen LogP contribution in [0, 0.1) is 0 Å². The van der Waals surface area contributed by atoms with Gasteiger partial charge in [-0.2, -0.15) is 0 Å². The first kappa shape index (κ1) is 16.6. The van der Waals surface area contributed by atoms with E-state index < -0.39 is 0 Å². The molecule has 0 bridgehead atoms. The maximum Gasteiger partial charge on any atom is 0.266 e. The quantitative estimate of drug-likeness (QED) is 0.641. The molecule has 2 N–H and O–H groups in total. The van der Waals surface area contributed by atoms with Crippen molar-refractivity contribution in [2.75, 3.05) is 16.4 Å². The summed E-state index contributed by atoms with van der Waals surface area (Å²) in [6.45, 7) is 0. The average Bonchev–Trinajstić information content (AvgIpc) is 3.28. The Morgan fingerprint density at radius 1 is 1.08 bits per heavy atom. The van der Waals surface area contributed by atoms with Crippen molar-refractivity contribution >= 4 is 57.2 Å². The van der Waals surface area contributed by atoms with E-state index in [0.29, 0.717) is 20.9 Å². The Kier molecular flexibility index (Phi) is 5.51. The smallest absolute Gasteiger partial charge is 0.266 e. The van der Waals surface area contributed by atoms with E-state index in [1.165, 1.54) is 34.4 Å². The molecular weight excluding hydrogens is 366 g/mol. The minimum atomic E-state index is -0.220. The Morgan fingerprint density at radius 2 is 2.00 bits per heavy atom. The summed E-state index contributed by atoms with van der Waals surface area (Å²) in [4.78, 5) is 28.2. The van der Waals surface area contributed by atoms with Gasteiger partial charge in [0.05, 0.1) is 10.6 Å². The zero-order valence-corrected chi connectivity index (χ0v) is 14.6. The Morgan fingerprint density at radius 3 is 2.67 bits per heavy atom. The van der Waals surface area contributed by atoms with E-state index in [-0.39, 0.29) is 17.6 Å². The number of carbonyl (C=O) groups is 2. The van der Waals surface area contributed by atoms with E-state index in [0.717, 1.165) is 0 Å². The van der Waals surface area contributed by atoms with Crippen molar-refractivity contribution in [1.82, 2.24) is 15.2 Å². The fraction of sp³-hybridized carbons (Fsp3) is 0.0714. The molecule has 0 radical (unpaired) electrons. The van der Waals surface area contributed by atoms with Crippen LogP contribution < -0.4 is 10.6 Å². The number of aromatic nitrogens is 3. The van der Waals surface area contributed by atoms with Crippen LogP contribution in [-0.2, 0) is 4.79 Å². The Balaban J connectivity index is 1.49. The Labute approximate surface area is 149 Å². The summed E-state index contributed by atoms with van der Waals surface area (Å²) in [5.41, 5.74) is 0. The molecule has 122 valence electrons. The monoisotopic (exact) mass is 377 g/mol. The summed E-state index contributed by atoms with van der Waals surface area (Å²) in [6.07, 6.45) is 1.63. The van der Waals surface area contributed by atoms with Gasteiger partial charge in [0.25, 0.3) is 5.91 Å². The summed E-state index contributed by atoms with van der Waals surface area (Å²) in [6, 6.07) is 6.90. The minimum Gasteiger partial charge on any atom is -0.304 e. The number of anilines is 2. The predicted molar refractivity (Wildman–Crippen MR) is 95.8 cm³/mol. The van der Waals surface area contributed by atoms with Crippen LogP contribution in [0.15, 0.2) is 46.2 Å². The van der Waals surface area contributed by atoms with Crippen LogP contribution in [0.25, 0.3) is 0 Å². The molecule has 0 aromatic carbocycles. The van der Waals surface area contributed by atoms with Gasteiger partial charge in [-0.15, -0.1) is 32.9 Å². The second-order valence-electron chi connectivity index (χ2n) is 4.36. The van der Waals surface area contributed by atoms with Crippen LogP contribution in [0.4, 0.5) is 10.9 Å². The number of nitrogens with zero attached hydrogens (tertiary/aromatic N) is 3. The summed E-state index contributed by atoms with van der Waals surface area (Å²) in [5, 5.41) is 18.1. The topological polar surface area (TPSA) is 96.9 Å². The first-order valence-electron chi connectivity index (χ1n) is 6.71. The lowest BCUT2D eigenvalue weighted by Crippen LogP contribution is -2.14. The molecule has 0 aliphatic rings. The highest BCUT2D eigenvalue weighted by atomic mass is 32.2. The van der Waals surface area contributed by atoms with Crippen molar-refractivity contribution in [2.45, 2.75) is 5.03 Å². The fourth-order valence-corrected chi connectivity index (χ4v) is 3.41. The lowest BCUT2D eigenvalue weighted by atomic mass is 10.4. The van der Waals surface area contributed by atoms with Crippen LogP contribution in [0.1, 0.15) is 9.67 Å². The van der Waals surface area contributed by atoms with Gasteiger partial charge in [-0.1, -0.05) is 17.8 Å². The van der Waals surface area contributed by atoms with E-state index in [1.807, 2.05) is 11.4 Å². The van der Waals surface area contributed by atoms with Gasteiger partial charge in [0.1, 0.15) is 5.03 Å². The van der Waals surface area contributed by atoms with Gasteiger partial charge in [-0.3, -0.25) is 9.59 Å². The van der Waals surface area contributed by atoms with Crippen molar-refractivity contribution in [3.05, 3.63) is 46.1 Å². The average molecular weight is 377 g/mol.